The summed E-state index contributed by atoms with van der Waals surface area (Å²) in [6, 6.07) is 18.9. The number of aryl methyl sites for hydroxylation is 2. The number of nitrogens with one attached hydrogen (secondary N) is 2. The molecule has 8 heteroatoms. The van der Waals surface area contributed by atoms with Crippen LogP contribution in [0.15, 0.2) is 70.2 Å². The summed E-state index contributed by atoms with van der Waals surface area (Å²) in [5.41, 5.74) is 6.60. The molecule has 0 bridgehead atoms. The Labute approximate surface area is 213 Å². The fourth-order valence-electron chi connectivity index (χ4n) is 3.42. The SMILES string of the molecule is CCc1cccc(CC)c1NC(=O)C(=O)N/N=C\c1ccc(OCc2ccc(Br)cc2)c(OC)c1. The van der Waals surface area contributed by atoms with Crippen molar-refractivity contribution in [1.82, 2.24) is 5.43 Å². The van der Waals surface area contributed by atoms with Gasteiger partial charge in [-0.15, -0.1) is 0 Å². The Morgan fingerprint density at radius 3 is 2.26 bits per heavy atom. The van der Waals surface area contributed by atoms with Crippen LogP contribution in [0.1, 0.15) is 36.1 Å². The summed E-state index contributed by atoms with van der Waals surface area (Å²) in [7, 11) is 1.55. The second-order valence-electron chi connectivity index (χ2n) is 7.64. The lowest BCUT2D eigenvalue weighted by molar-refractivity contribution is -0.136. The highest BCUT2D eigenvalue weighted by molar-refractivity contribution is 9.10. The molecule has 2 N–H and O–H groups in total. The minimum atomic E-state index is -0.851. The molecule has 2 amide bonds. The van der Waals surface area contributed by atoms with Crippen molar-refractivity contribution in [2.45, 2.75) is 33.3 Å². The topological polar surface area (TPSA) is 89.0 Å². The van der Waals surface area contributed by atoms with Crippen LogP contribution in [0.2, 0.25) is 0 Å². The normalized spacial score (nSPS) is 10.7. The van der Waals surface area contributed by atoms with Crippen LogP contribution in [-0.2, 0) is 29.0 Å². The van der Waals surface area contributed by atoms with E-state index in [1.807, 2.05) is 56.3 Å². The molecular formula is C27H28BrN3O4. The third-order valence-electron chi connectivity index (χ3n) is 5.32. The number of hydrazone groups is 1. The molecule has 7 nitrogen and oxygen atoms in total. The summed E-state index contributed by atoms with van der Waals surface area (Å²) in [4.78, 5) is 24.7. The van der Waals surface area contributed by atoms with Crippen LogP contribution in [0.5, 0.6) is 11.5 Å². The van der Waals surface area contributed by atoms with Crippen LogP contribution in [0.3, 0.4) is 0 Å². The molecule has 3 aromatic carbocycles. The predicted octanol–water partition coefficient (Wildman–Crippen LogP) is 5.25. The van der Waals surface area contributed by atoms with E-state index in [0.29, 0.717) is 29.4 Å². The van der Waals surface area contributed by atoms with E-state index in [2.05, 4.69) is 31.8 Å². The lowest BCUT2D eigenvalue weighted by Crippen LogP contribution is -2.33. The number of amides is 2. The van der Waals surface area contributed by atoms with E-state index in [9.17, 15) is 9.59 Å². The van der Waals surface area contributed by atoms with Gasteiger partial charge >= 0.3 is 11.8 Å². The number of hydrogen-bond acceptors (Lipinski definition) is 5. The first-order valence-electron chi connectivity index (χ1n) is 11.3. The molecule has 0 fully saturated rings. The summed E-state index contributed by atoms with van der Waals surface area (Å²) in [5.74, 6) is -0.515. The molecule has 3 rings (SSSR count). The third-order valence-corrected chi connectivity index (χ3v) is 5.85. The summed E-state index contributed by atoms with van der Waals surface area (Å²) in [6.07, 6.45) is 2.92. The van der Waals surface area contributed by atoms with Crippen molar-refractivity contribution in [1.29, 1.82) is 0 Å². The van der Waals surface area contributed by atoms with Gasteiger partial charge in [0.1, 0.15) is 6.61 Å². The van der Waals surface area contributed by atoms with Crippen LogP contribution in [0.4, 0.5) is 5.69 Å². The molecule has 3 aromatic rings. The second kappa shape index (κ2) is 12.7. The number of halogens is 1. The van der Waals surface area contributed by atoms with E-state index in [1.165, 1.54) is 6.21 Å². The maximum atomic E-state index is 12.4. The predicted molar refractivity (Wildman–Crippen MR) is 141 cm³/mol. The monoisotopic (exact) mass is 537 g/mol. The Hall–Kier alpha value is -3.65. The van der Waals surface area contributed by atoms with Crippen molar-refractivity contribution in [3.05, 3.63) is 87.4 Å². The zero-order valence-electron chi connectivity index (χ0n) is 19.9. The number of nitrogens with zero attached hydrogens (tertiary/aromatic N) is 1. The quantitative estimate of drug-likeness (QED) is 0.221. The molecule has 0 atom stereocenters. The Balaban J connectivity index is 1.60. The lowest BCUT2D eigenvalue weighted by Gasteiger charge is -2.13. The molecule has 182 valence electrons. The number of para-hydroxylation sites is 1. The van der Waals surface area contributed by atoms with Gasteiger partial charge in [-0.05, 0) is 65.4 Å². The summed E-state index contributed by atoms with van der Waals surface area (Å²) in [5, 5.41) is 6.63. The number of carbonyl (C=O) groups excluding carboxylic acids is 2. The molecule has 0 heterocycles. The van der Waals surface area contributed by atoms with Crippen molar-refractivity contribution in [2.75, 3.05) is 12.4 Å². The molecule has 0 unspecified atom stereocenters. The van der Waals surface area contributed by atoms with Crippen LogP contribution in [-0.4, -0.2) is 25.1 Å². The zero-order valence-corrected chi connectivity index (χ0v) is 21.5. The van der Waals surface area contributed by atoms with Crippen molar-refractivity contribution in [3.63, 3.8) is 0 Å². The maximum Gasteiger partial charge on any atom is 0.329 e. The molecule has 0 aliphatic heterocycles. The minimum absolute atomic E-state index is 0.392. The Kier molecular flexibility index (Phi) is 9.43. The van der Waals surface area contributed by atoms with E-state index in [1.54, 1.807) is 25.3 Å². The van der Waals surface area contributed by atoms with Gasteiger partial charge in [0, 0.05) is 10.2 Å². The smallest absolute Gasteiger partial charge is 0.329 e. The number of carbonyl (C=O) groups is 2. The highest BCUT2D eigenvalue weighted by Crippen LogP contribution is 2.28. The largest absolute Gasteiger partial charge is 0.493 e. The summed E-state index contributed by atoms with van der Waals surface area (Å²) in [6.45, 7) is 4.39. The van der Waals surface area contributed by atoms with Gasteiger partial charge in [0.25, 0.3) is 0 Å². The zero-order chi connectivity index (χ0) is 25.2. The first kappa shape index (κ1) is 26.0. The number of methoxy groups -OCH3 is 1. The van der Waals surface area contributed by atoms with Crippen molar-refractivity contribution in [2.24, 2.45) is 5.10 Å². The second-order valence-corrected chi connectivity index (χ2v) is 8.55. The van der Waals surface area contributed by atoms with E-state index < -0.39 is 11.8 Å². The highest BCUT2D eigenvalue weighted by Gasteiger charge is 2.16. The number of ether oxygens (including phenoxy) is 2. The van der Waals surface area contributed by atoms with Crippen molar-refractivity contribution in [3.8, 4) is 11.5 Å². The van der Waals surface area contributed by atoms with Gasteiger partial charge < -0.3 is 14.8 Å². The Morgan fingerprint density at radius 2 is 1.63 bits per heavy atom. The molecule has 0 spiro atoms. The summed E-state index contributed by atoms with van der Waals surface area (Å²) >= 11 is 3.41. The van der Waals surface area contributed by atoms with Crippen molar-refractivity contribution >= 4 is 39.6 Å². The van der Waals surface area contributed by atoms with Gasteiger partial charge in [-0.3, -0.25) is 9.59 Å². The number of anilines is 1. The summed E-state index contributed by atoms with van der Waals surface area (Å²) < 4.78 is 12.3. The van der Waals surface area contributed by atoms with E-state index in [-0.39, 0.29) is 0 Å². The van der Waals surface area contributed by atoms with Crippen LogP contribution >= 0.6 is 15.9 Å². The Bertz CT molecular complexity index is 1190. The fraction of sp³-hybridized carbons (Fsp3) is 0.222. The average molecular weight is 538 g/mol. The third kappa shape index (κ3) is 7.16. The van der Waals surface area contributed by atoms with Crippen LogP contribution in [0.25, 0.3) is 0 Å². The van der Waals surface area contributed by atoms with Gasteiger partial charge in [0.05, 0.1) is 13.3 Å². The molecule has 0 aliphatic carbocycles. The molecule has 0 saturated carbocycles. The molecule has 35 heavy (non-hydrogen) atoms. The molecule has 0 aromatic heterocycles. The van der Waals surface area contributed by atoms with Gasteiger partial charge in [-0.25, -0.2) is 5.43 Å². The average Bonchev–Trinajstić information content (AvgIpc) is 2.88. The van der Waals surface area contributed by atoms with E-state index >= 15 is 0 Å². The van der Waals surface area contributed by atoms with Gasteiger partial charge in [-0.1, -0.05) is 60.1 Å². The van der Waals surface area contributed by atoms with Crippen molar-refractivity contribution < 1.29 is 19.1 Å². The molecule has 0 radical (unpaired) electrons. The minimum Gasteiger partial charge on any atom is -0.493 e. The van der Waals surface area contributed by atoms with Crippen LogP contribution in [0, 0.1) is 0 Å². The first-order valence-corrected chi connectivity index (χ1v) is 12.0. The number of rotatable bonds is 9. The standard InChI is InChI=1S/C27H28BrN3O4/c1-4-20-7-6-8-21(5-2)25(20)30-26(32)27(33)31-29-16-19-11-14-23(24(15-19)34-3)35-17-18-9-12-22(28)13-10-18/h6-16H,4-5,17H2,1-3H3,(H,30,32)(H,31,33)/b29-16-. The van der Waals surface area contributed by atoms with Gasteiger partial charge in [-0.2, -0.15) is 5.10 Å². The Morgan fingerprint density at radius 1 is 0.943 bits per heavy atom. The van der Waals surface area contributed by atoms with E-state index in [0.717, 1.165) is 34.0 Å². The fourth-order valence-corrected chi connectivity index (χ4v) is 3.68. The number of benzene rings is 3. The molecule has 0 saturated heterocycles. The van der Waals surface area contributed by atoms with Crippen LogP contribution < -0.4 is 20.2 Å². The lowest BCUT2D eigenvalue weighted by atomic mass is 10.0. The first-order chi connectivity index (χ1) is 16.9. The number of hydrogen-bond donors (Lipinski definition) is 2. The van der Waals surface area contributed by atoms with E-state index in [4.69, 9.17) is 9.47 Å². The highest BCUT2D eigenvalue weighted by atomic mass is 79.9. The van der Waals surface area contributed by atoms with Gasteiger partial charge in [0.2, 0.25) is 0 Å². The molecular weight excluding hydrogens is 510 g/mol. The maximum absolute atomic E-state index is 12.4. The molecule has 0 aliphatic rings. The van der Waals surface area contributed by atoms with Gasteiger partial charge in [0.15, 0.2) is 11.5 Å².